The molecule has 2 amide bonds. The lowest BCUT2D eigenvalue weighted by atomic mass is 9.92. The van der Waals surface area contributed by atoms with Crippen molar-refractivity contribution < 1.29 is 9.53 Å². The fourth-order valence-corrected chi connectivity index (χ4v) is 2.68. The number of rotatable bonds is 5. The first-order valence-electron chi connectivity index (χ1n) is 7.55. The number of morpholine rings is 1. The Labute approximate surface area is 131 Å². The number of urea groups is 1. The van der Waals surface area contributed by atoms with Gasteiger partial charge in [-0.1, -0.05) is 13.8 Å². The summed E-state index contributed by atoms with van der Waals surface area (Å²) in [6.45, 7) is 9.43. The van der Waals surface area contributed by atoms with Crippen molar-refractivity contribution in [3.8, 4) is 0 Å². The summed E-state index contributed by atoms with van der Waals surface area (Å²) in [4.78, 5) is 24.2. The van der Waals surface area contributed by atoms with Gasteiger partial charge < -0.3 is 9.64 Å². The number of aromatic nitrogens is 2. The van der Waals surface area contributed by atoms with Crippen molar-refractivity contribution >= 4 is 12.0 Å². The van der Waals surface area contributed by atoms with E-state index in [1.54, 1.807) is 30.4 Å². The SMILES string of the molecule is CN(CC(C)(C)CN1CCOCC1)C(=O)Nc1ncccn1. The molecule has 2 rings (SSSR count). The number of hydrogen-bond donors (Lipinski definition) is 1. The van der Waals surface area contributed by atoms with Crippen LogP contribution in [-0.4, -0.2) is 72.2 Å². The maximum atomic E-state index is 12.2. The molecule has 0 spiro atoms. The minimum absolute atomic E-state index is 0.000967. The van der Waals surface area contributed by atoms with Crippen molar-refractivity contribution in [1.29, 1.82) is 0 Å². The second-order valence-corrected chi connectivity index (χ2v) is 6.41. The number of amides is 2. The van der Waals surface area contributed by atoms with E-state index in [-0.39, 0.29) is 11.4 Å². The summed E-state index contributed by atoms with van der Waals surface area (Å²) in [5.74, 6) is 0.324. The van der Waals surface area contributed by atoms with Crippen LogP contribution in [0.4, 0.5) is 10.7 Å². The normalized spacial score (nSPS) is 16.3. The first-order valence-corrected chi connectivity index (χ1v) is 7.55. The molecule has 1 aromatic heterocycles. The maximum Gasteiger partial charge on any atom is 0.323 e. The number of nitrogens with one attached hydrogen (secondary N) is 1. The quantitative estimate of drug-likeness (QED) is 0.888. The Morgan fingerprint density at radius 2 is 2.00 bits per heavy atom. The molecule has 1 saturated heterocycles. The van der Waals surface area contributed by atoms with Gasteiger partial charge in [0.25, 0.3) is 0 Å². The molecule has 0 unspecified atom stereocenters. The van der Waals surface area contributed by atoms with Crippen LogP contribution in [0.15, 0.2) is 18.5 Å². The molecule has 7 heteroatoms. The number of nitrogens with zero attached hydrogens (tertiary/aromatic N) is 4. The Morgan fingerprint density at radius 1 is 1.36 bits per heavy atom. The van der Waals surface area contributed by atoms with Gasteiger partial charge in [0.05, 0.1) is 13.2 Å². The summed E-state index contributed by atoms with van der Waals surface area (Å²) in [7, 11) is 1.79. The molecule has 122 valence electrons. The molecule has 0 bridgehead atoms. The van der Waals surface area contributed by atoms with Crippen molar-refractivity contribution in [3.05, 3.63) is 18.5 Å². The van der Waals surface area contributed by atoms with Gasteiger partial charge in [-0.3, -0.25) is 10.2 Å². The molecule has 7 nitrogen and oxygen atoms in total. The third-order valence-corrected chi connectivity index (χ3v) is 3.55. The van der Waals surface area contributed by atoms with Crippen LogP contribution in [0, 0.1) is 5.41 Å². The van der Waals surface area contributed by atoms with E-state index in [1.165, 1.54) is 0 Å². The van der Waals surface area contributed by atoms with Gasteiger partial charge >= 0.3 is 6.03 Å². The average molecular weight is 307 g/mol. The minimum Gasteiger partial charge on any atom is -0.379 e. The Kier molecular flexibility index (Phi) is 5.68. The lowest BCUT2D eigenvalue weighted by Crippen LogP contribution is -2.47. The highest BCUT2D eigenvalue weighted by molar-refractivity contribution is 5.87. The van der Waals surface area contributed by atoms with Crippen molar-refractivity contribution in [2.75, 3.05) is 51.8 Å². The van der Waals surface area contributed by atoms with Gasteiger partial charge in [0.2, 0.25) is 5.95 Å². The summed E-state index contributed by atoms with van der Waals surface area (Å²) >= 11 is 0. The second kappa shape index (κ2) is 7.51. The van der Waals surface area contributed by atoms with Crippen LogP contribution in [0.2, 0.25) is 0 Å². The van der Waals surface area contributed by atoms with Crippen LogP contribution < -0.4 is 5.32 Å². The lowest BCUT2D eigenvalue weighted by Gasteiger charge is -2.37. The first-order chi connectivity index (χ1) is 10.5. The highest BCUT2D eigenvalue weighted by atomic mass is 16.5. The molecule has 1 aromatic rings. The molecular formula is C15H25N5O2. The zero-order valence-corrected chi connectivity index (χ0v) is 13.6. The van der Waals surface area contributed by atoms with E-state index in [2.05, 4.69) is 34.0 Å². The van der Waals surface area contributed by atoms with E-state index in [0.29, 0.717) is 12.5 Å². The maximum absolute atomic E-state index is 12.2. The molecule has 1 aliphatic rings. The van der Waals surface area contributed by atoms with Gasteiger partial charge in [-0.05, 0) is 11.5 Å². The smallest absolute Gasteiger partial charge is 0.323 e. The molecular weight excluding hydrogens is 282 g/mol. The molecule has 1 fully saturated rings. The molecule has 2 heterocycles. The molecule has 1 N–H and O–H groups in total. The van der Waals surface area contributed by atoms with Crippen LogP contribution in [-0.2, 0) is 4.74 Å². The molecule has 0 radical (unpaired) electrons. The molecule has 0 saturated carbocycles. The van der Waals surface area contributed by atoms with Crippen LogP contribution in [0.5, 0.6) is 0 Å². The van der Waals surface area contributed by atoms with E-state index in [0.717, 1.165) is 32.8 Å². The fraction of sp³-hybridized carbons (Fsp3) is 0.667. The number of carbonyl (C=O) groups is 1. The lowest BCUT2D eigenvalue weighted by molar-refractivity contribution is 0.0182. The standard InChI is InChI=1S/C15H25N5O2/c1-15(2,12-20-7-9-22-10-8-20)11-19(3)14(21)18-13-16-5-4-6-17-13/h4-6H,7-12H2,1-3H3,(H,16,17,18,21). The number of anilines is 1. The Morgan fingerprint density at radius 3 is 2.64 bits per heavy atom. The largest absolute Gasteiger partial charge is 0.379 e. The highest BCUT2D eigenvalue weighted by Gasteiger charge is 2.26. The van der Waals surface area contributed by atoms with Gasteiger partial charge in [-0.2, -0.15) is 0 Å². The topological polar surface area (TPSA) is 70.6 Å². The predicted molar refractivity (Wildman–Crippen MR) is 84.7 cm³/mol. The molecule has 0 aromatic carbocycles. The van der Waals surface area contributed by atoms with Crippen molar-refractivity contribution in [3.63, 3.8) is 0 Å². The van der Waals surface area contributed by atoms with Gasteiger partial charge in [-0.25, -0.2) is 14.8 Å². The van der Waals surface area contributed by atoms with E-state index < -0.39 is 0 Å². The number of ether oxygens (including phenoxy) is 1. The average Bonchev–Trinajstić information content (AvgIpc) is 2.48. The molecule has 22 heavy (non-hydrogen) atoms. The van der Waals surface area contributed by atoms with Crippen LogP contribution >= 0.6 is 0 Å². The second-order valence-electron chi connectivity index (χ2n) is 6.41. The summed E-state index contributed by atoms with van der Waals surface area (Å²) in [6, 6.07) is 1.52. The molecule has 0 atom stereocenters. The van der Waals surface area contributed by atoms with Crippen molar-refractivity contribution in [2.45, 2.75) is 13.8 Å². The summed E-state index contributed by atoms with van der Waals surface area (Å²) in [5, 5.41) is 2.70. The minimum atomic E-state index is -0.193. The first kappa shape index (κ1) is 16.6. The number of carbonyl (C=O) groups excluding carboxylic acids is 1. The van der Waals surface area contributed by atoms with Gasteiger partial charge in [0.15, 0.2) is 0 Å². The third-order valence-electron chi connectivity index (χ3n) is 3.55. The molecule has 1 aliphatic heterocycles. The molecule has 0 aliphatic carbocycles. The van der Waals surface area contributed by atoms with E-state index in [4.69, 9.17) is 4.74 Å². The fourth-order valence-electron chi connectivity index (χ4n) is 2.68. The predicted octanol–water partition coefficient (Wildman–Crippen LogP) is 1.30. The van der Waals surface area contributed by atoms with E-state index in [1.807, 2.05) is 0 Å². The highest BCUT2D eigenvalue weighted by Crippen LogP contribution is 2.19. The van der Waals surface area contributed by atoms with Gasteiger partial charge in [-0.15, -0.1) is 0 Å². The van der Waals surface area contributed by atoms with Gasteiger partial charge in [0, 0.05) is 45.6 Å². The van der Waals surface area contributed by atoms with Crippen LogP contribution in [0.3, 0.4) is 0 Å². The van der Waals surface area contributed by atoms with Gasteiger partial charge in [0.1, 0.15) is 0 Å². The Balaban J connectivity index is 1.83. The van der Waals surface area contributed by atoms with Crippen LogP contribution in [0.25, 0.3) is 0 Å². The van der Waals surface area contributed by atoms with Crippen molar-refractivity contribution in [1.82, 2.24) is 19.8 Å². The monoisotopic (exact) mass is 307 g/mol. The Hall–Kier alpha value is -1.73. The van der Waals surface area contributed by atoms with E-state index in [9.17, 15) is 4.79 Å². The number of hydrogen-bond acceptors (Lipinski definition) is 5. The van der Waals surface area contributed by atoms with Crippen molar-refractivity contribution in [2.24, 2.45) is 5.41 Å². The third kappa shape index (κ3) is 5.23. The Bertz CT molecular complexity index is 474. The zero-order chi connectivity index (χ0) is 16.0. The summed E-state index contributed by atoms with van der Waals surface area (Å²) in [6.07, 6.45) is 3.20. The van der Waals surface area contributed by atoms with Crippen LogP contribution in [0.1, 0.15) is 13.8 Å². The summed E-state index contributed by atoms with van der Waals surface area (Å²) in [5.41, 5.74) is 0.000967. The summed E-state index contributed by atoms with van der Waals surface area (Å²) < 4.78 is 5.37. The zero-order valence-electron chi connectivity index (χ0n) is 13.6. The van der Waals surface area contributed by atoms with E-state index >= 15 is 0 Å².